The van der Waals surface area contributed by atoms with E-state index >= 15 is 0 Å². The molecule has 0 aliphatic heterocycles. The van der Waals surface area contributed by atoms with Crippen molar-refractivity contribution in [1.82, 2.24) is 5.43 Å². The molecule has 2 aromatic carbocycles. The molecule has 0 radical (unpaired) electrons. The van der Waals surface area contributed by atoms with E-state index in [4.69, 9.17) is 4.74 Å². The van der Waals surface area contributed by atoms with Gasteiger partial charge in [0.25, 0.3) is 5.91 Å². The van der Waals surface area contributed by atoms with Crippen molar-refractivity contribution in [2.45, 2.75) is 26.2 Å². The molecule has 0 saturated carbocycles. The van der Waals surface area contributed by atoms with Gasteiger partial charge in [-0.05, 0) is 36.8 Å². The molecule has 0 aromatic heterocycles. The van der Waals surface area contributed by atoms with Crippen LogP contribution in [0.5, 0.6) is 5.75 Å². The van der Waals surface area contributed by atoms with Crippen LogP contribution in [0.25, 0.3) is 0 Å². The van der Waals surface area contributed by atoms with E-state index in [0.29, 0.717) is 6.61 Å². The minimum atomic E-state index is -0.466. The molecule has 0 aliphatic rings. The van der Waals surface area contributed by atoms with E-state index in [1.54, 1.807) is 0 Å². The van der Waals surface area contributed by atoms with E-state index in [1.165, 1.54) is 24.4 Å². The Labute approximate surface area is 141 Å². The van der Waals surface area contributed by atoms with E-state index < -0.39 is 11.7 Å². The van der Waals surface area contributed by atoms with Crippen molar-refractivity contribution in [3.63, 3.8) is 0 Å². The zero-order valence-electron chi connectivity index (χ0n) is 13.7. The van der Waals surface area contributed by atoms with Crippen molar-refractivity contribution in [2.24, 2.45) is 5.10 Å². The van der Waals surface area contributed by atoms with Crippen LogP contribution in [0.4, 0.5) is 4.39 Å². The standard InChI is InChI=1S/C19H21FN2O2/c1-2-3-6-12-24-18-11-5-4-8-16(18)14-21-22-19(23)15-9-7-10-17(20)13-15/h4-5,7-11,13-14H,2-3,6,12H2,1H3,(H,22,23)/b21-14-. The Bertz CT molecular complexity index is 701. The predicted molar refractivity (Wildman–Crippen MR) is 92.9 cm³/mol. The van der Waals surface area contributed by atoms with Gasteiger partial charge in [0.2, 0.25) is 0 Å². The number of ether oxygens (including phenoxy) is 1. The monoisotopic (exact) mass is 328 g/mol. The number of rotatable bonds is 8. The lowest BCUT2D eigenvalue weighted by Crippen LogP contribution is -2.17. The van der Waals surface area contributed by atoms with Gasteiger partial charge in [-0.15, -0.1) is 0 Å². The number of amides is 1. The Hall–Kier alpha value is -2.69. The first-order chi connectivity index (χ1) is 11.7. The summed E-state index contributed by atoms with van der Waals surface area (Å²) in [5.41, 5.74) is 3.38. The highest BCUT2D eigenvalue weighted by Crippen LogP contribution is 2.16. The lowest BCUT2D eigenvalue weighted by Gasteiger charge is -2.08. The molecule has 0 saturated heterocycles. The van der Waals surface area contributed by atoms with E-state index in [0.717, 1.165) is 36.6 Å². The van der Waals surface area contributed by atoms with Crippen LogP contribution >= 0.6 is 0 Å². The third-order valence-electron chi connectivity index (χ3n) is 3.38. The van der Waals surface area contributed by atoms with Gasteiger partial charge in [-0.25, -0.2) is 9.82 Å². The van der Waals surface area contributed by atoms with E-state index in [-0.39, 0.29) is 5.56 Å². The zero-order valence-corrected chi connectivity index (χ0v) is 13.7. The number of carbonyl (C=O) groups is 1. The van der Waals surface area contributed by atoms with Gasteiger partial charge in [-0.1, -0.05) is 38.0 Å². The summed E-state index contributed by atoms with van der Waals surface area (Å²) < 4.78 is 18.8. The summed E-state index contributed by atoms with van der Waals surface area (Å²) in [6, 6.07) is 12.9. The largest absolute Gasteiger partial charge is 0.493 e. The quantitative estimate of drug-likeness (QED) is 0.449. The Morgan fingerprint density at radius 1 is 1.21 bits per heavy atom. The molecule has 0 unspecified atom stereocenters. The number of nitrogens with one attached hydrogen (secondary N) is 1. The van der Waals surface area contributed by atoms with Crippen LogP contribution in [-0.4, -0.2) is 18.7 Å². The van der Waals surface area contributed by atoms with Crippen LogP contribution in [0.3, 0.4) is 0 Å². The highest BCUT2D eigenvalue weighted by Gasteiger charge is 2.05. The first-order valence-corrected chi connectivity index (χ1v) is 8.01. The number of halogens is 1. The maximum absolute atomic E-state index is 13.1. The van der Waals surface area contributed by atoms with Gasteiger partial charge in [0.1, 0.15) is 11.6 Å². The molecule has 0 spiro atoms. The van der Waals surface area contributed by atoms with Crippen molar-refractivity contribution < 1.29 is 13.9 Å². The Kier molecular flexibility index (Phi) is 6.95. The number of carbonyl (C=O) groups excluding carboxylic acids is 1. The van der Waals surface area contributed by atoms with Gasteiger partial charge >= 0.3 is 0 Å². The number of para-hydroxylation sites is 1. The number of nitrogens with zero attached hydrogens (tertiary/aromatic N) is 1. The average Bonchev–Trinajstić information content (AvgIpc) is 2.60. The van der Waals surface area contributed by atoms with Gasteiger partial charge in [-0.2, -0.15) is 5.10 Å². The second-order valence-electron chi connectivity index (χ2n) is 5.30. The number of hydrogen-bond acceptors (Lipinski definition) is 3. The van der Waals surface area contributed by atoms with Gasteiger partial charge in [0, 0.05) is 11.1 Å². The molecule has 0 fully saturated rings. The van der Waals surface area contributed by atoms with Gasteiger partial charge in [0.05, 0.1) is 12.8 Å². The van der Waals surface area contributed by atoms with Crippen LogP contribution in [-0.2, 0) is 0 Å². The molecule has 0 aliphatic carbocycles. The molecule has 0 heterocycles. The second kappa shape index (κ2) is 9.45. The third kappa shape index (κ3) is 5.50. The summed E-state index contributed by atoms with van der Waals surface area (Å²) in [6.07, 6.45) is 4.78. The second-order valence-corrected chi connectivity index (χ2v) is 5.30. The molecule has 2 aromatic rings. The minimum absolute atomic E-state index is 0.219. The Morgan fingerprint density at radius 3 is 2.83 bits per heavy atom. The van der Waals surface area contributed by atoms with Crippen molar-refractivity contribution in [1.29, 1.82) is 0 Å². The molecule has 0 bridgehead atoms. The summed E-state index contributed by atoms with van der Waals surface area (Å²) in [5, 5.41) is 3.93. The van der Waals surface area contributed by atoms with Crippen molar-refractivity contribution >= 4 is 12.1 Å². The topological polar surface area (TPSA) is 50.7 Å². The maximum Gasteiger partial charge on any atom is 0.271 e. The average molecular weight is 328 g/mol. The molecular weight excluding hydrogens is 307 g/mol. The van der Waals surface area contributed by atoms with Crippen LogP contribution in [0.2, 0.25) is 0 Å². The first-order valence-electron chi connectivity index (χ1n) is 8.01. The van der Waals surface area contributed by atoms with Crippen LogP contribution in [0.15, 0.2) is 53.6 Å². The predicted octanol–water partition coefficient (Wildman–Crippen LogP) is 4.16. The number of hydrazone groups is 1. The molecule has 5 heteroatoms. The molecule has 126 valence electrons. The number of benzene rings is 2. The van der Waals surface area contributed by atoms with E-state index in [1.807, 2.05) is 24.3 Å². The highest BCUT2D eigenvalue weighted by atomic mass is 19.1. The van der Waals surface area contributed by atoms with Crippen molar-refractivity contribution in [2.75, 3.05) is 6.61 Å². The van der Waals surface area contributed by atoms with E-state index in [2.05, 4.69) is 17.5 Å². The lowest BCUT2D eigenvalue weighted by atomic mass is 10.2. The minimum Gasteiger partial charge on any atom is -0.493 e. The first kappa shape index (κ1) is 17.7. The third-order valence-corrected chi connectivity index (χ3v) is 3.38. The fraction of sp³-hybridized carbons (Fsp3) is 0.263. The normalized spacial score (nSPS) is 10.8. The van der Waals surface area contributed by atoms with Gasteiger partial charge in [0.15, 0.2) is 0 Å². The number of unbranched alkanes of at least 4 members (excludes halogenated alkanes) is 2. The molecular formula is C19H21FN2O2. The SMILES string of the molecule is CCCCCOc1ccccc1/C=N\NC(=O)c1cccc(F)c1. The molecule has 1 amide bonds. The maximum atomic E-state index is 13.1. The Morgan fingerprint density at radius 2 is 2.04 bits per heavy atom. The van der Waals surface area contributed by atoms with Gasteiger partial charge < -0.3 is 4.74 Å². The number of hydrogen-bond donors (Lipinski definition) is 1. The summed E-state index contributed by atoms with van der Waals surface area (Å²) in [4.78, 5) is 11.9. The fourth-order valence-corrected chi connectivity index (χ4v) is 2.11. The summed E-state index contributed by atoms with van der Waals surface area (Å²) >= 11 is 0. The van der Waals surface area contributed by atoms with Gasteiger partial charge in [-0.3, -0.25) is 4.79 Å². The zero-order chi connectivity index (χ0) is 17.2. The fourth-order valence-electron chi connectivity index (χ4n) is 2.11. The van der Waals surface area contributed by atoms with Crippen LogP contribution in [0, 0.1) is 5.82 Å². The molecule has 2 rings (SSSR count). The van der Waals surface area contributed by atoms with Crippen molar-refractivity contribution in [3.05, 3.63) is 65.5 Å². The van der Waals surface area contributed by atoms with Crippen LogP contribution in [0.1, 0.15) is 42.1 Å². The van der Waals surface area contributed by atoms with Crippen LogP contribution < -0.4 is 10.2 Å². The molecule has 1 N–H and O–H groups in total. The molecule has 4 nitrogen and oxygen atoms in total. The highest BCUT2D eigenvalue weighted by molar-refractivity contribution is 5.95. The summed E-state index contributed by atoms with van der Waals surface area (Å²) in [6.45, 7) is 2.79. The van der Waals surface area contributed by atoms with E-state index in [9.17, 15) is 9.18 Å². The summed E-state index contributed by atoms with van der Waals surface area (Å²) in [7, 11) is 0. The van der Waals surface area contributed by atoms with Crippen molar-refractivity contribution in [3.8, 4) is 5.75 Å². The molecule has 0 atom stereocenters. The Balaban J connectivity index is 1.95. The summed E-state index contributed by atoms with van der Waals surface area (Å²) in [5.74, 6) is -0.207. The molecule has 24 heavy (non-hydrogen) atoms. The lowest BCUT2D eigenvalue weighted by molar-refractivity contribution is 0.0954. The smallest absolute Gasteiger partial charge is 0.271 e.